The van der Waals surface area contributed by atoms with Crippen LogP contribution in [0.4, 0.5) is 5.69 Å². The Balaban J connectivity index is 2.51. The minimum Gasteiger partial charge on any atom is -0.381 e. The maximum Gasteiger partial charge on any atom is 0.0357 e. The molecule has 70 valence electrons. The molecule has 0 unspecified atom stereocenters. The Bertz CT molecular complexity index is 282. The van der Waals surface area contributed by atoms with Gasteiger partial charge in [-0.15, -0.1) is 0 Å². The number of rotatable bonds is 3. The zero-order valence-corrected chi connectivity index (χ0v) is 8.59. The summed E-state index contributed by atoms with van der Waals surface area (Å²) in [5.41, 5.74) is 3.85. The Morgan fingerprint density at radius 3 is 2.46 bits per heavy atom. The van der Waals surface area contributed by atoms with Crippen molar-refractivity contribution in [3.63, 3.8) is 0 Å². The molecular formula is C12H17N. The third kappa shape index (κ3) is 3.32. The predicted octanol–water partition coefficient (Wildman–Crippen LogP) is 3.37. The summed E-state index contributed by atoms with van der Waals surface area (Å²) in [6, 6.07) is 8.46. The van der Waals surface area contributed by atoms with Gasteiger partial charge in [-0.3, -0.25) is 0 Å². The van der Waals surface area contributed by atoms with Crippen molar-refractivity contribution in [1.82, 2.24) is 0 Å². The molecule has 13 heavy (non-hydrogen) atoms. The first-order chi connectivity index (χ1) is 6.22. The SMILES string of the molecule is C/C=C(/C)CNc1ccc(C)cc1. The molecule has 0 saturated heterocycles. The van der Waals surface area contributed by atoms with E-state index in [2.05, 4.69) is 56.4 Å². The number of aryl methyl sites for hydroxylation is 1. The first-order valence-corrected chi connectivity index (χ1v) is 4.64. The number of nitrogens with one attached hydrogen (secondary N) is 1. The summed E-state index contributed by atoms with van der Waals surface area (Å²) in [5.74, 6) is 0. The van der Waals surface area contributed by atoms with Crippen LogP contribution in [0, 0.1) is 6.92 Å². The van der Waals surface area contributed by atoms with Crippen LogP contribution in [0.2, 0.25) is 0 Å². The fourth-order valence-corrected chi connectivity index (χ4v) is 1.01. The molecule has 0 aliphatic rings. The smallest absolute Gasteiger partial charge is 0.0357 e. The van der Waals surface area contributed by atoms with Gasteiger partial charge < -0.3 is 5.32 Å². The summed E-state index contributed by atoms with van der Waals surface area (Å²) in [4.78, 5) is 0. The molecule has 0 saturated carbocycles. The topological polar surface area (TPSA) is 12.0 Å². The molecular weight excluding hydrogens is 158 g/mol. The van der Waals surface area contributed by atoms with E-state index >= 15 is 0 Å². The van der Waals surface area contributed by atoms with E-state index in [9.17, 15) is 0 Å². The normalized spacial score (nSPS) is 11.5. The van der Waals surface area contributed by atoms with Crippen LogP contribution < -0.4 is 5.32 Å². The number of anilines is 1. The van der Waals surface area contributed by atoms with Crippen molar-refractivity contribution < 1.29 is 0 Å². The highest BCUT2D eigenvalue weighted by Gasteiger charge is 1.90. The molecule has 0 bridgehead atoms. The zero-order chi connectivity index (χ0) is 9.68. The first kappa shape index (κ1) is 9.85. The molecule has 0 aliphatic heterocycles. The van der Waals surface area contributed by atoms with Crippen LogP contribution in [0.15, 0.2) is 35.9 Å². The third-order valence-corrected chi connectivity index (χ3v) is 2.12. The van der Waals surface area contributed by atoms with Crippen LogP contribution in [0.1, 0.15) is 19.4 Å². The van der Waals surface area contributed by atoms with Crippen LogP contribution >= 0.6 is 0 Å². The van der Waals surface area contributed by atoms with E-state index in [1.807, 2.05) is 0 Å². The van der Waals surface area contributed by atoms with Gasteiger partial charge in [-0.1, -0.05) is 29.3 Å². The van der Waals surface area contributed by atoms with E-state index in [-0.39, 0.29) is 0 Å². The molecule has 1 nitrogen and oxygen atoms in total. The summed E-state index contributed by atoms with van der Waals surface area (Å²) in [6.07, 6.45) is 2.13. The van der Waals surface area contributed by atoms with Gasteiger partial charge in [-0.05, 0) is 32.9 Å². The summed E-state index contributed by atoms with van der Waals surface area (Å²) in [7, 11) is 0. The maximum absolute atomic E-state index is 3.35. The Labute approximate surface area is 80.5 Å². The summed E-state index contributed by atoms with van der Waals surface area (Å²) in [5, 5.41) is 3.35. The lowest BCUT2D eigenvalue weighted by Crippen LogP contribution is -2.01. The highest BCUT2D eigenvalue weighted by atomic mass is 14.9. The quantitative estimate of drug-likeness (QED) is 0.694. The molecule has 1 N–H and O–H groups in total. The van der Waals surface area contributed by atoms with Gasteiger partial charge in [0, 0.05) is 12.2 Å². The Morgan fingerprint density at radius 1 is 1.31 bits per heavy atom. The molecule has 0 aliphatic carbocycles. The lowest BCUT2D eigenvalue weighted by atomic mass is 10.2. The van der Waals surface area contributed by atoms with Gasteiger partial charge in [0.1, 0.15) is 0 Å². The van der Waals surface area contributed by atoms with E-state index in [0.717, 1.165) is 6.54 Å². The molecule has 0 aromatic heterocycles. The fourth-order valence-electron chi connectivity index (χ4n) is 1.01. The van der Waals surface area contributed by atoms with Crippen LogP contribution in [0.25, 0.3) is 0 Å². The van der Waals surface area contributed by atoms with Crippen molar-refractivity contribution >= 4 is 5.69 Å². The predicted molar refractivity (Wildman–Crippen MR) is 59.1 cm³/mol. The standard InChI is InChI=1S/C12H17N/c1-4-10(2)9-13-12-7-5-11(3)6-8-12/h4-8,13H,9H2,1-3H3/b10-4-. The van der Waals surface area contributed by atoms with E-state index in [4.69, 9.17) is 0 Å². The minimum absolute atomic E-state index is 0.930. The maximum atomic E-state index is 3.35. The van der Waals surface area contributed by atoms with Gasteiger partial charge >= 0.3 is 0 Å². The first-order valence-electron chi connectivity index (χ1n) is 4.64. The van der Waals surface area contributed by atoms with Gasteiger partial charge in [0.15, 0.2) is 0 Å². The van der Waals surface area contributed by atoms with Crippen LogP contribution in [0.3, 0.4) is 0 Å². The van der Waals surface area contributed by atoms with Crippen LogP contribution in [-0.4, -0.2) is 6.54 Å². The zero-order valence-electron chi connectivity index (χ0n) is 8.59. The molecule has 1 aromatic rings. The van der Waals surface area contributed by atoms with Crippen molar-refractivity contribution in [1.29, 1.82) is 0 Å². The second kappa shape index (κ2) is 4.70. The van der Waals surface area contributed by atoms with E-state index in [1.54, 1.807) is 0 Å². The van der Waals surface area contributed by atoms with Crippen LogP contribution in [0.5, 0.6) is 0 Å². The Hall–Kier alpha value is -1.24. The Morgan fingerprint density at radius 2 is 1.92 bits per heavy atom. The fraction of sp³-hybridized carbons (Fsp3) is 0.333. The minimum atomic E-state index is 0.930. The number of hydrogen-bond acceptors (Lipinski definition) is 1. The van der Waals surface area contributed by atoms with Crippen molar-refractivity contribution in [2.24, 2.45) is 0 Å². The number of hydrogen-bond donors (Lipinski definition) is 1. The highest BCUT2D eigenvalue weighted by Crippen LogP contribution is 2.08. The molecule has 0 radical (unpaired) electrons. The van der Waals surface area contributed by atoms with E-state index < -0.39 is 0 Å². The Kier molecular flexibility index (Phi) is 3.56. The number of allylic oxidation sites excluding steroid dienone is 1. The van der Waals surface area contributed by atoms with Gasteiger partial charge in [0.2, 0.25) is 0 Å². The van der Waals surface area contributed by atoms with E-state index in [1.165, 1.54) is 16.8 Å². The monoisotopic (exact) mass is 175 g/mol. The summed E-state index contributed by atoms with van der Waals surface area (Å²) in [6.45, 7) is 7.22. The molecule has 0 heterocycles. The molecule has 1 rings (SSSR count). The molecule has 1 aromatic carbocycles. The highest BCUT2D eigenvalue weighted by molar-refractivity contribution is 5.45. The molecule has 0 fully saturated rings. The van der Waals surface area contributed by atoms with E-state index in [0.29, 0.717) is 0 Å². The number of benzene rings is 1. The van der Waals surface area contributed by atoms with Crippen molar-refractivity contribution in [3.05, 3.63) is 41.5 Å². The van der Waals surface area contributed by atoms with Crippen LogP contribution in [-0.2, 0) is 0 Å². The van der Waals surface area contributed by atoms with Gasteiger partial charge in [-0.25, -0.2) is 0 Å². The van der Waals surface area contributed by atoms with Crippen molar-refractivity contribution in [2.45, 2.75) is 20.8 Å². The lowest BCUT2D eigenvalue weighted by molar-refractivity contribution is 1.19. The van der Waals surface area contributed by atoms with Crippen molar-refractivity contribution in [2.75, 3.05) is 11.9 Å². The largest absolute Gasteiger partial charge is 0.381 e. The third-order valence-electron chi connectivity index (χ3n) is 2.12. The lowest BCUT2D eigenvalue weighted by Gasteiger charge is -2.06. The van der Waals surface area contributed by atoms with Crippen molar-refractivity contribution in [3.8, 4) is 0 Å². The second-order valence-corrected chi connectivity index (χ2v) is 3.35. The molecule has 0 spiro atoms. The van der Waals surface area contributed by atoms with Gasteiger partial charge in [-0.2, -0.15) is 0 Å². The molecule has 1 heteroatoms. The summed E-state index contributed by atoms with van der Waals surface area (Å²) >= 11 is 0. The van der Waals surface area contributed by atoms with Gasteiger partial charge in [0.05, 0.1) is 0 Å². The average molecular weight is 175 g/mol. The van der Waals surface area contributed by atoms with Gasteiger partial charge in [0.25, 0.3) is 0 Å². The second-order valence-electron chi connectivity index (χ2n) is 3.35. The summed E-state index contributed by atoms with van der Waals surface area (Å²) < 4.78 is 0. The average Bonchev–Trinajstić information content (AvgIpc) is 2.16. The molecule has 0 atom stereocenters. The molecule has 0 amide bonds.